The largest absolute Gasteiger partial charge is 0.394 e. The fourth-order valence-electron chi connectivity index (χ4n) is 8.25. The lowest BCUT2D eigenvalue weighted by atomic mass is 9.99. The van der Waals surface area contributed by atoms with E-state index in [4.69, 9.17) is 9.47 Å². The predicted molar refractivity (Wildman–Crippen MR) is 304 cm³/mol. The minimum atomic E-state index is -1.58. The number of carbonyl (C=O) groups is 1. The average Bonchev–Trinajstić information content (AvgIpc) is 3.38. The van der Waals surface area contributed by atoms with Gasteiger partial charge in [-0.3, -0.25) is 4.79 Å². The Kier molecular flexibility index (Phi) is 47.3. The molecule has 0 spiro atoms. The molecule has 1 fully saturated rings. The van der Waals surface area contributed by atoms with E-state index >= 15 is 0 Å². The number of aliphatic hydroxyl groups excluding tert-OH is 5. The van der Waals surface area contributed by atoms with E-state index in [1.807, 2.05) is 6.08 Å². The molecule has 0 aromatic carbocycles. The fraction of sp³-hybridized carbons (Fsp3) is 0.667. The van der Waals surface area contributed by atoms with Gasteiger partial charge in [0.05, 0.1) is 25.4 Å². The van der Waals surface area contributed by atoms with Gasteiger partial charge in [-0.1, -0.05) is 232 Å². The molecule has 0 aliphatic carbocycles. The van der Waals surface area contributed by atoms with Crippen molar-refractivity contribution in [3.63, 3.8) is 0 Å². The molecule has 0 aromatic heterocycles. The number of aliphatic hydroxyl groups is 5. The molecule has 9 heteroatoms. The maximum absolute atomic E-state index is 13.0. The van der Waals surface area contributed by atoms with Gasteiger partial charge in [0.25, 0.3) is 0 Å². The molecule has 1 saturated heterocycles. The second kappa shape index (κ2) is 51.1. The number of nitrogens with one attached hydrogen (secondary N) is 1. The van der Waals surface area contributed by atoms with E-state index < -0.39 is 49.5 Å². The number of hydrogen-bond acceptors (Lipinski definition) is 8. The molecule has 0 bridgehead atoms. The van der Waals surface area contributed by atoms with Gasteiger partial charge in [0.1, 0.15) is 24.4 Å². The lowest BCUT2D eigenvalue weighted by molar-refractivity contribution is -0.302. The van der Waals surface area contributed by atoms with Crippen molar-refractivity contribution in [1.82, 2.24) is 5.32 Å². The summed E-state index contributed by atoms with van der Waals surface area (Å²) in [7, 11) is 0. The van der Waals surface area contributed by atoms with Crippen LogP contribution in [0.15, 0.2) is 122 Å². The average molecular weight is 1000 g/mol. The van der Waals surface area contributed by atoms with Gasteiger partial charge in [-0.15, -0.1) is 0 Å². The van der Waals surface area contributed by atoms with Crippen LogP contribution < -0.4 is 5.32 Å². The highest BCUT2D eigenvalue weighted by Gasteiger charge is 2.44. The molecule has 0 aromatic rings. The number of carbonyl (C=O) groups excluding carboxylic acids is 1. The van der Waals surface area contributed by atoms with E-state index in [1.165, 1.54) is 77.0 Å². The van der Waals surface area contributed by atoms with Crippen LogP contribution in [0.3, 0.4) is 0 Å². The third-order valence-electron chi connectivity index (χ3n) is 12.8. The number of allylic oxidation sites excluding steroid dienone is 19. The van der Waals surface area contributed by atoms with Crippen molar-refractivity contribution in [2.75, 3.05) is 13.2 Å². The van der Waals surface area contributed by atoms with Gasteiger partial charge in [-0.05, 0) is 96.3 Å². The summed E-state index contributed by atoms with van der Waals surface area (Å²) >= 11 is 0. The summed E-state index contributed by atoms with van der Waals surface area (Å²) in [6.07, 6.45) is 69.7. The quantitative estimate of drug-likeness (QED) is 0.0261. The molecule has 7 atom stereocenters. The third-order valence-corrected chi connectivity index (χ3v) is 12.8. The molecule has 1 heterocycles. The fourth-order valence-corrected chi connectivity index (χ4v) is 8.25. The van der Waals surface area contributed by atoms with Crippen LogP contribution >= 0.6 is 0 Å². The number of ether oxygens (including phenoxy) is 2. The summed E-state index contributed by atoms with van der Waals surface area (Å²) in [6, 6.07) is -0.839. The smallest absolute Gasteiger partial charge is 0.220 e. The zero-order chi connectivity index (χ0) is 52.2. The molecule has 0 saturated carbocycles. The van der Waals surface area contributed by atoms with Gasteiger partial charge in [-0.25, -0.2) is 0 Å². The van der Waals surface area contributed by atoms with Crippen molar-refractivity contribution in [3.05, 3.63) is 122 Å². The monoisotopic (exact) mass is 1000 g/mol. The van der Waals surface area contributed by atoms with Crippen LogP contribution in [0.2, 0.25) is 0 Å². The Bertz CT molecular complexity index is 1540. The molecule has 7 unspecified atom stereocenters. The lowest BCUT2D eigenvalue weighted by Crippen LogP contribution is -2.60. The van der Waals surface area contributed by atoms with Crippen LogP contribution in [0.25, 0.3) is 0 Å². The summed E-state index contributed by atoms with van der Waals surface area (Å²) in [6.45, 7) is 3.63. The van der Waals surface area contributed by atoms with Gasteiger partial charge < -0.3 is 40.3 Å². The maximum atomic E-state index is 13.0. The van der Waals surface area contributed by atoms with Crippen LogP contribution in [0.1, 0.15) is 213 Å². The first-order chi connectivity index (χ1) is 35.3. The summed E-state index contributed by atoms with van der Waals surface area (Å²) < 4.78 is 11.2. The third kappa shape index (κ3) is 40.0. The second-order valence-electron chi connectivity index (χ2n) is 19.3. The molecular formula is C63H105NO8. The first-order valence-electron chi connectivity index (χ1n) is 28.8. The zero-order valence-electron chi connectivity index (χ0n) is 45.4. The summed E-state index contributed by atoms with van der Waals surface area (Å²) in [5.74, 6) is -0.206. The Labute approximate surface area is 439 Å². The van der Waals surface area contributed by atoms with Crippen LogP contribution in [0.5, 0.6) is 0 Å². The maximum Gasteiger partial charge on any atom is 0.220 e. The van der Waals surface area contributed by atoms with E-state index in [1.54, 1.807) is 6.08 Å². The molecule has 1 amide bonds. The minimum Gasteiger partial charge on any atom is -0.394 e. The van der Waals surface area contributed by atoms with Crippen LogP contribution in [0, 0.1) is 0 Å². The summed E-state index contributed by atoms with van der Waals surface area (Å²) in [5.41, 5.74) is 0. The Morgan fingerprint density at radius 1 is 0.486 bits per heavy atom. The molecular weight excluding hydrogens is 899 g/mol. The first kappa shape index (κ1) is 66.6. The lowest BCUT2D eigenvalue weighted by Gasteiger charge is -2.40. The minimum absolute atomic E-state index is 0.206. The van der Waals surface area contributed by atoms with Gasteiger partial charge in [0.15, 0.2) is 6.29 Å². The van der Waals surface area contributed by atoms with Crippen molar-refractivity contribution in [2.24, 2.45) is 0 Å². The number of hydrogen-bond donors (Lipinski definition) is 6. The Balaban J connectivity index is 2.27. The van der Waals surface area contributed by atoms with Crippen molar-refractivity contribution >= 4 is 5.91 Å². The molecule has 9 nitrogen and oxygen atoms in total. The molecule has 1 rings (SSSR count). The standard InChI is InChI=1S/C63H105NO8/c1-3-5-7-9-11-13-15-17-19-21-23-24-25-26-27-28-29-30-31-32-33-34-35-37-39-41-43-45-47-49-51-53-59(67)64-56(55-71-63-62(70)61(69)60(68)58(54-65)72-63)57(66)52-50-48-46-44-42-40-38-36-22-20-18-16-14-12-10-8-6-4-2/h5,7,11,13,17,19,23-24,26-27,29-30,32-33,35,37,42,44,50,52,56-58,60-63,65-66,68-70H,3-4,6,8-10,12,14-16,18,20-22,25,28,31,34,36,38-41,43,45-49,51,53-55H2,1-2H3,(H,64,67)/b7-5-,13-11-,19-17-,24-23-,27-26-,30-29-,33-32-,37-35-,44-42+,52-50+. The van der Waals surface area contributed by atoms with Crippen LogP contribution in [-0.2, 0) is 14.3 Å². The normalized spacial score (nSPS) is 20.1. The van der Waals surface area contributed by atoms with Gasteiger partial charge in [-0.2, -0.15) is 0 Å². The second-order valence-corrected chi connectivity index (χ2v) is 19.3. The van der Waals surface area contributed by atoms with Crippen molar-refractivity contribution in [1.29, 1.82) is 0 Å². The number of rotatable bonds is 47. The highest BCUT2D eigenvalue weighted by atomic mass is 16.7. The van der Waals surface area contributed by atoms with E-state index in [2.05, 4.69) is 129 Å². The topological polar surface area (TPSA) is 149 Å². The highest BCUT2D eigenvalue weighted by molar-refractivity contribution is 5.76. The molecule has 1 aliphatic rings. The molecule has 410 valence electrons. The van der Waals surface area contributed by atoms with Gasteiger partial charge >= 0.3 is 0 Å². The Morgan fingerprint density at radius 3 is 1.33 bits per heavy atom. The Morgan fingerprint density at radius 2 is 0.875 bits per heavy atom. The van der Waals surface area contributed by atoms with Crippen molar-refractivity contribution in [3.8, 4) is 0 Å². The van der Waals surface area contributed by atoms with Crippen LogP contribution in [-0.4, -0.2) is 87.5 Å². The highest BCUT2D eigenvalue weighted by Crippen LogP contribution is 2.23. The van der Waals surface area contributed by atoms with Crippen molar-refractivity contribution < 1.29 is 39.8 Å². The van der Waals surface area contributed by atoms with Gasteiger partial charge in [0.2, 0.25) is 5.91 Å². The summed E-state index contributed by atoms with van der Waals surface area (Å²) in [4.78, 5) is 13.0. The Hall–Kier alpha value is -3.41. The molecule has 0 radical (unpaired) electrons. The van der Waals surface area contributed by atoms with E-state index in [0.29, 0.717) is 6.42 Å². The van der Waals surface area contributed by atoms with Crippen molar-refractivity contribution in [2.45, 2.75) is 256 Å². The molecule has 6 N–H and O–H groups in total. The molecule has 1 aliphatic heterocycles. The molecule has 72 heavy (non-hydrogen) atoms. The SMILES string of the molecule is CC/C=C\C/C=C\C/C=C\C/C=C\C/C=C\C/C=C\C/C=C\C/C=C\CCCCCCCCC(=O)NC(COC1OC(CO)C(O)C(O)C1O)C(O)/C=C/CC/C=C/CCCCCCCCCCCCCC. The number of amides is 1. The number of unbranched alkanes of at least 4 members (excludes halogenated alkanes) is 19. The summed E-state index contributed by atoms with van der Waals surface area (Å²) in [5, 5.41) is 54.5. The van der Waals surface area contributed by atoms with Gasteiger partial charge in [0, 0.05) is 6.42 Å². The van der Waals surface area contributed by atoms with E-state index in [-0.39, 0.29) is 12.5 Å². The van der Waals surface area contributed by atoms with E-state index in [9.17, 15) is 30.3 Å². The predicted octanol–water partition coefficient (Wildman–Crippen LogP) is 14.3. The first-order valence-corrected chi connectivity index (χ1v) is 28.8. The zero-order valence-corrected chi connectivity index (χ0v) is 45.4. The van der Waals surface area contributed by atoms with Crippen LogP contribution in [0.4, 0.5) is 0 Å². The van der Waals surface area contributed by atoms with E-state index in [0.717, 1.165) is 116 Å².